The third-order valence-electron chi connectivity index (χ3n) is 3.39. The number of halogens is 3. The highest BCUT2D eigenvalue weighted by molar-refractivity contribution is 14.1. The van der Waals surface area contributed by atoms with Crippen molar-refractivity contribution >= 4 is 73.1 Å². The second kappa shape index (κ2) is 9.71. The first-order valence-electron chi connectivity index (χ1n) is 7.51. The molecule has 0 spiro atoms. The lowest BCUT2D eigenvalue weighted by atomic mass is 10.1. The fourth-order valence-corrected chi connectivity index (χ4v) is 4.21. The smallest absolute Gasteiger partial charge is 0.264 e. The van der Waals surface area contributed by atoms with E-state index in [0.29, 0.717) is 6.61 Å². The van der Waals surface area contributed by atoms with Crippen molar-refractivity contribution < 1.29 is 9.53 Å². The standard InChI is InChI=1S/C19H15BrI2N2O2/c1-24(2)19(25)14(10-23)7-13-8-16(20)18(17(22)9-13)26-11-12-3-5-15(21)6-4-12/h3-9H,11H2,1-2H3/b14-7-. The normalized spacial score (nSPS) is 11.0. The molecule has 1 amide bonds. The summed E-state index contributed by atoms with van der Waals surface area (Å²) in [6, 6.07) is 13.8. The maximum absolute atomic E-state index is 12.0. The number of hydrogen-bond donors (Lipinski definition) is 0. The van der Waals surface area contributed by atoms with E-state index in [1.165, 1.54) is 8.47 Å². The quantitative estimate of drug-likeness (QED) is 0.257. The summed E-state index contributed by atoms with van der Waals surface area (Å²) in [6.07, 6.45) is 1.58. The van der Waals surface area contributed by atoms with Crippen LogP contribution in [-0.2, 0) is 11.4 Å². The van der Waals surface area contributed by atoms with Gasteiger partial charge in [-0.25, -0.2) is 0 Å². The Morgan fingerprint density at radius 1 is 1.27 bits per heavy atom. The Labute approximate surface area is 188 Å². The maximum atomic E-state index is 12.0. The molecule has 134 valence electrons. The van der Waals surface area contributed by atoms with Crippen molar-refractivity contribution in [2.45, 2.75) is 6.61 Å². The van der Waals surface area contributed by atoms with Crippen molar-refractivity contribution in [3.8, 4) is 11.8 Å². The van der Waals surface area contributed by atoms with Gasteiger partial charge in [-0.2, -0.15) is 5.26 Å². The van der Waals surface area contributed by atoms with Gasteiger partial charge in [0.1, 0.15) is 24.0 Å². The Bertz CT molecular complexity index is 864. The highest BCUT2D eigenvalue weighted by Crippen LogP contribution is 2.33. The largest absolute Gasteiger partial charge is 0.487 e. The first kappa shape index (κ1) is 21.2. The van der Waals surface area contributed by atoms with Gasteiger partial charge in [0.25, 0.3) is 5.91 Å². The fraction of sp³-hybridized carbons (Fsp3) is 0.158. The van der Waals surface area contributed by atoms with E-state index in [1.807, 2.05) is 42.5 Å². The Balaban J connectivity index is 2.23. The zero-order valence-corrected chi connectivity index (χ0v) is 20.0. The van der Waals surface area contributed by atoms with Crippen LogP contribution in [0.2, 0.25) is 0 Å². The Kier molecular flexibility index (Phi) is 7.91. The SMILES string of the molecule is CN(C)C(=O)/C(C#N)=C\c1cc(Br)c(OCc2ccc(I)cc2)c(I)c1. The van der Waals surface area contributed by atoms with E-state index in [2.05, 4.69) is 61.1 Å². The van der Waals surface area contributed by atoms with Gasteiger partial charge >= 0.3 is 0 Å². The van der Waals surface area contributed by atoms with Gasteiger partial charge in [-0.1, -0.05) is 12.1 Å². The van der Waals surface area contributed by atoms with E-state index in [9.17, 15) is 10.1 Å². The monoisotopic (exact) mass is 636 g/mol. The van der Waals surface area contributed by atoms with Crippen molar-refractivity contribution in [2.75, 3.05) is 14.1 Å². The third kappa shape index (κ3) is 5.69. The molecule has 0 saturated carbocycles. The summed E-state index contributed by atoms with van der Waals surface area (Å²) in [5.74, 6) is 0.413. The van der Waals surface area contributed by atoms with Crippen LogP contribution in [0.4, 0.5) is 0 Å². The number of nitriles is 1. The van der Waals surface area contributed by atoms with Crippen molar-refractivity contribution in [1.82, 2.24) is 4.90 Å². The number of likely N-dealkylation sites (N-methyl/N-ethyl adjacent to an activating group) is 1. The number of benzene rings is 2. The van der Waals surface area contributed by atoms with E-state index in [0.717, 1.165) is 24.9 Å². The summed E-state index contributed by atoms with van der Waals surface area (Å²) in [7, 11) is 3.24. The molecule has 0 fully saturated rings. The average Bonchev–Trinajstić information content (AvgIpc) is 2.59. The van der Waals surface area contributed by atoms with E-state index < -0.39 is 0 Å². The van der Waals surface area contributed by atoms with Crippen LogP contribution in [-0.4, -0.2) is 24.9 Å². The summed E-state index contributed by atoms with van der Waals surface area (Å²) >= 11 is 7.97. The van der Waals surface area contributed by atoms with Gasteiger partial charge in [0.15, 0.2) is 0 Å². The van der Waals surface area contributed by atoms with Gasteiger partial charge in [0.05, 0.1) is 8.04 Å². The van der Waals surface area contributed by atoms with E-state index >= 15 is 0 Å². The van der Waals surface area contributed by atoms with Crippen molar-refractivity contribution in [3.63, 3.8) is 0 Å². The van der Waals surface area contributed by atoms with Crippen molar-refractivity contribution in [1.29, 1.82) is 5.26 Å². The molecular weight excluding hydrogens is 622 g/mol. The average molecular weight is 637 g/mol. The molecule has 0 bridgehead atoms. The summed E-state index contributed by atoms with van der Waals surface area (Å²) in [5, 5.41) is 9.23. The molecule has 0 saturated heterocycles. The van der Waals surface area contributed by atoms with Gasteiger partial charge in [0.2, 0.25) is 0 Å². The van der Waals surface area contributed by atoms with Gasteiger partial charge in [0, 0.05) is 17.7 Å². The topological polar surface area (TPSA) is 53.3 Å². The molecule has 0 unspecified atom stereocenters. The molecule has 2 aromatic carbocycles. The van der Waals surface area contributed by atoms with Crippen LogP contribution >= 0.6 is 61.1 Å². The molecule has 2 aromatic rings. The molecule has 7 heteroatoms. The maximum Gasteiger partial charge on any atom is 0.264 e. The van der Waals surface area contributed by atoms with Crippen molar-refractivity contribution in [2.24, 2.45) is 0 Å². The summed E-state index contributed by atoms with van der Waals surface area (Å²) < 4.78 is 8.79. The molecule has 0 aliphatic heterocycles. The van der Waals surface area contributed by atoms with Gasteiger partial charge in [-0.05, 0) is 103 Å². The minimum atomic E-state index is -0.322. The Morgan fingerprint density at radius 2 is 1.92 bits per heavy atom. The third-order valence-corrected chi connectivity index (χ3v) is 5.49. The molecular formula is C19H15BrI2N2O2. The Hall–Kier alpha value is -1.12. The summed E-state index contributed by atoms with van der Waals surface area (Å²) in [4.78, 5) is 13.4. The lowest BCUT2D eigenvalue weighted by molar-refractivity contribution is -0.124. The molecule has 4 nitrogen and oxygen atoms in total. The highest BCUT2D eigenvalue weighted by Gasteiger charge is 2.13. The molecule has 0 aromatic heterocycles. The first-order valence-corrected chi connectivity index (χ1v) is 10.5. The lowest BCUT2D eigenvalue weighted by Gasteiger charge is -2.12. The number of carbonyl (C=O) groups excluding carboxylic acids is 1. The van der Waals surface area contributed by atoms with Gasteiger partial charge in [-0.3, -0.25) is 4.79 Å². The summed E-state index contributed by atoms with van der Waals surface area (Å²) in [6.45, 7) is 0.462. The predicted molar refractivity (Wildman–Crippen MR) is 123 cm³/mol. The van der Waals surface area contributed by atoms with E-state index in [4.69, 9.17) is 4.74 Å². The molecule has 0 atom stereocenters. The predicted octanol–water partition coefficient (Wildman–Crippen LogP) is 5.23. The zero-order valence-electron chi connectivity index (χ0n) is 14.1. The van der Waals surface area contributed by atoms with Gasteiger partial charge in [-0.15, -0.1) is 0 Å². The molecule has 0 radical (unpaired) electrons. The fourth-order valence-electron chi connectivity index (χ4n) is 2.09. The second-order valence-electron chi connectivity index (χ2n) is 5.60. The van der Waals surface area contributed by atoms with Crippen LogP contribution in [0.25, 0.3) is 6.08 Å². The Morgan fingerprint density at radius 3 is 2.46 bits per heavy atom. The number of hydrogen-bond acceptors (Lipinski definition) is 3. The van der Waals surface area contributed by atoms with Crippen LogP contribution < -0.4 is 4.74 Å². The summed E-state index contributed by atoms with van der Waals surface area (Å²) in [5.41, 5.74) is 1.93. The lowest BCUT2D eigenvalue weighted by Crippen LogP contribution is -2.22. The second-order valence-corrected chi connectivity index (χ2v) is 8.86. The van der Waals surface area contributed by atoms with Crippen LogP contribution in [0.3, 0.4) is 0 Å². The minimum absolute atomic E-state index is 0.0882. The molecule has 0 aliphatic rings. The first-order chi connectivity index (χ1) is 12.3. The van der Waals surface area contributed by atoms with Crippen LogP contribution in [0.15, 0.2) is 46.4 Å². The van der Waals surface area contributed by atoms with E-state index in [-0.39, 0.29) is 11.5 Å². The number of ether oxygens (including phenoxy) is 1. The van der Waals surface area contributed by atoms with E-state index in [1.54, 1.807) is 20.2 Å². The number of amides is 1. The molecule has 2 rings (SSSR count). The molecule has 26 heavy (non-hydrogen) atoms. The number of nitrogens with zero attached hydrogens (tertiary/aromatic N) is 2. The molecule has 0 heterocycles. The number of rotatable bonds is 5. The zero-order chi connectivity index (χ0) is 19.3. The molecule has 0 N–H and O–H groups in total. The molecule has 0 aliphatic carbocycles. The number of carbonyl (C=O) groups is 1. The van der Waals surface area contributed by atoms with Crippen molar-refractivity contribution in [3.05, 3.63) is 64.7 Å². The van der Waals surface area contributed by atoms with Crippen LogP contribution in [0, 0.1) is 18.5 Å². The van der Waals surface area contributed by atoms with Crippen LogP contribution in [0.1, 0.15) is 11.1 Å². The highest BCUT2D eigenvalue weighted by atomic mass is 127. The van der Waals surface area contributed by atoms with Gasteiger partial charge < -0.3 is 9.64 Å². The minimum Gasteiger partial charge on any atom is -0.487 e. The van der Waals surface area contributed by atoms with Crippen LogP contribution in [0.5, 0.6) is 5.75 Å².